The third-order valence-electron chi connectivity index (χ3n) is 4.64. The van der Waals surface area contributed by atoms with Crippen molar-refractivity contribution >= 4 is 21.6 Å². The second-order valence-corrected chi connectivity index (χ2v) is 6.91. The van der Waals surface area contributed by atoms with Gasteiger partial charge in [-0.2, -0.15) is 0 Å². The van der Waals surface area contributed by atoms with Gasteiger partial charge in [-0.1, -0.05) is 12.5 Å². The monoisotopic (exact) mass is 258 g/mol. The molecule has 0 spiro atoms. The van der Waals surface area contributed by atoms with Crippen LogP contribution in [0.1, 0.15) is 48.6 Å². The molecular formula is C15H18N2S. The quantitative estimate of drug-likeness (QED) is 0.914. The molecule has 4 rings (SSSR count). The second kappa shape index (κ2) is 3.78. The fourth-order valence-corrected chi connectivity index (χ4v) is 4.11. The van der Waals surface area contributed by atoms with Gasteiger partial charge in [-0.15, -0.1) is 11.3 Å². The molecule has 2 nitrogen and oxygen atoms in total. The summed E-state index contributed by atoms with van der Waals surface area (Å²) < 4.78 is 1.34. The highest BCUT2D eigenvalue weighted by atomic mass is 32.1. The zero-order chi connectivity index (χ0) is 12.2. The molecule has 2 N–H and O–H groups in total. The summed E-state index contributed by atoms with van der Waals surface area (Å²) in [6.07, 6.45) is 6.47. The molecule has 2 fully saturated rings. The van der Waals surface area contributed by atoms with Gasteiger partial charge in [-0.3, -0.25) is 0 Å². The summed E-state index contributed by atoms with van der Waals surface area (Å²) in [6.45, 7) is 0.776. The van der Waals surface area contributed by atoms with Gasteiger partial charge in [0.1, 0.15) is 0 Å². The van der Waals surface area contributed by atoms with E-state index < -0.39 is 0 Å². The van der Waals surface area contributed by atoms with Crippen LogP contribution in [0.3, 0.4) is 0 Å². The molecule has 0 bridgehead atoms. The van der Waals surface area contributed by atoms with E-state index >= 15 is 0 Å². The summed E-state index contributed by atoms with van der Waals surface area (Å²) in [7, 11) is 0. The summed E-state index contributed by atoms with van der Waals surface area (Å²) >= 11 is 1.88. The topological polar surface area (TPSA) is 38.9 Å². The predicted octanol–water partition coefficient (Wildman–Crippen LogP) is 3.55. The Balaban J connectivity index is 1.78. The van der Waals surface area contributed by atoms with Crippen LogP contribution in [0, 0.1) is 0 Å². The Labute approximate surface area is 111 Å². The lowest BCUT2D eigenvalue weighted by molar-refractivity contribution is 0.253. The van der Waals surface area contributed by atoms with Gasteiger partial charge in [0.05, 0.1) is 15.2 Å². The number of hydrogen-bond acceptors (Lipinski definition) is 3. The largest absolute Gasteiger partial charge is 0.330 e. The molecule has 1 aromatic heterocycles. The van der Waals surface area contributed by atoms with Gasteiger partial charge in [0.15, 0.2) is 0 Å². The predicted molar refractivity (Wildman–Crippen MR) is 76.2 cm³/mol. The molecule has 3 heteroatoms. The van der Waals surface area contributed by atoms with Gasteiger partial charge in [-0.25, -0.2) is 4.98 Å². The Hall–Kier alpha value is -0.930. The average Bonchev–Trinajstić information content (AvgIpc) is 3.09. The summed E-state index contributed by atoms with van der Waals surface area (Å²) in [4.78, 5) is 4.82. The van der Waals surface area contributed by atoms with Crippen molar-refractivity contribution in [3.8, 4) is 0 Å². The zero-order valence-electron chi connectivity index (χ0n) is 10.5. The number of hydrogen-bond donors (Lipinski definition) is 1. The van der Waals surface area contributed by atoms with Crippen molar-refractivity contribution in [3.63, 3.8) is 0 Å². The first-order valence-corrected chi connectivity index (χ1v) is 7.73. The number of benzene rings is 1. The van der Waals surface area contributed by atoms with Crippen LogP contribution in [-0.2, 0) is 5.41 Å². The van der Waals surface area contributed by atoms with Crippen LogP contribution in [-0.4, -0.2) is 11.5 Å². The molecule has 0 atom stereocenters. The van der Waals surface area contributed by atoms with Crippen molar-refractivity contribution in [2.45, 2.75) is 43.4 Å². The molecule has 94 valence electrons. The van der Waals surface area contributed by atoms with Crippen molar-refractivity contribution < 1.29 is 0 Å². The van der Waals surface area contributed by atoms with Crippen molar-refractivity contribution in [1.29, 1.82) is 0 Å². The molecule has 1 aromatic carbocycles. The standard InChI is InChI=1S/C15H18N2S/c16-9-15(6-1-7-15)11-4-5-13-12(8-11)17-14(18-13)10-2-3-10/h4-5,8,10H,1-3,6-7,9,16H2. The van der Waals surface area contributed by atoms with Crippen LogP contribution < -0.4 is 5.73 Å². The number of nitrogens with zero attached hydrogens (tertiary/aromatic N) is 1. The maximum Gasteiger partial charge on any atom is 0.0969 e. The van der Waals surface area contributed by atoms with Crippen LogP contribution in [0.15, 0.2) is 18.2 Å². The highest BCUT2D eigenvalue weighted by Gasteiger charge is 2.37. The zero-order valence-corrected chi connectivity index (χ0v) is 11.3. The van der Waals surface area contributed by atoms with Crippen LogP contribution in [0.25, 0.3) is 10.2 Å². The maximum atomic E-state index is 5.99. The lowest BCUT2D eigenvalue weighted by Gasteiger charge is -2.41. The molecule has 18 heavy (non-hydrogen) atoms. The lowest BCUT2D eigenvalue weighted by Crippen LogP contribution is -2.41. The summed E-state index contributed by atoms with van der Waals surface area (Å²) in [5.41, 5.74) is 8.86. The van der Waals surface area contributed by atoms with Gasteiger partial charge < -0.3 is 5.73 Å². The minimum Gasteiger partial charge on any atom is -0.330 e. The summed E-state index contributed by atoms with van der Waals surface area (Å²) in [6, 6.07) is 6.83. The molecule has 1 heterocycles. The van der Waals surface area contributed by atoms with Gasteiger partial charge in [0.2, 0.25) is 0 Å². The smallest absolute Gasteiger partial charge is 0.0969 e. The van der Waals surface area contributed by atoms with Gasteiger partial charge in [0, 0.05) is 17.9 Å². The first-order chi connectivity index (χ1) is 8.81. The van der Waals surface area contributed by atoms with Crippen molar-refractivity contribution in [2.24, 2.45) is 5.73 Å². The van der Waals surface area contributed by atoms with Gasteiger partial charge in [-0.05, 0) is 43.4 Å². The Bertz CT molecular complexity index is 588. The van der Waals surface area contributed by atoms with Gasteiger partial charge >= 0.3 is 0 Å². The van der Waals surface area contributed by atoms with E-state index in [1.807, 2.05) is 11.3 Å². The lowest BCUT2D eigenvalue weighted by atomic mass is 9.64. The van der Waals surface area contributed by atoms with Crippen molar-refractivity contribution in [1.82, 2.24) is 4.98 Å². The van der Waals surface area contributed by atoms with E-state index in [1.54, 1.807) is 0 Å². The van der Waals surface area contributed by atoms with Crippen molar-refractivity contribution in [3.05, 3.63) is 28.8 Å². The molecule has 2 aromatic rings. The molecule has 0 aliphatic heterocycles. The van der Waals surface area contributed by atoms with Crippen molar-refractivity contribution in [2.75, 3.05) is 6.54 Å². The first-order valence-electron chi connectivity index (χ1n) is 6.92. The fourth-order valence-electron chi connectivity index (χ4n) is 2.99. The maximum absolute atomic E-state index is 5.99. The third-order valence-corrected chi connectivity index (χ3v) is 5.84. The highest BCUT2D eigenvalue weighted by molar-refractivity contribution is 7.18. The number of thiazole rings is 1. The average molecular weight is 258 g/mol. The Morgan fingerprint density at radius 1 is 1.33 bits per heavy atom. The molecular weight excluding hydrogens is 240 g/mol. The van der Waals surface area contributed by atoms with E-state index in [4.69, 9.17) is 10.7 Å². The van der Waals surface area contributed by atoms with E-state index in [1.165, 1.54) is 52.9 Å². The molecule has 2 saturated carbocycles. The number of aromatic nitrogens is 1. The Kier molecular flexibility index (Phi) is 2.30. The minimum atomic E-state index is 0.261. The molecule has 0 amide bonds. The van der Waals surface area contributed by atoms with E-state index in [9.17, 15) is 0 Å². The fraction of sp³-hybridized carbons (Fsp3) is 0.533. The molecule has 0 unspecified atom stereocenters. The molecule has 0 saturated heterocycles. The van der Waals surface area contributed by atoms with E-state index in [0.29, 0.717) is 0 Å². The van der Waals surface area contributed by atoms with E-state index in [-0.39, 0.29) is 5.41 Å². The summed E-state index contributed by atoms with van der Waals surface area (Å²) in [5.74, 6) is 0.762. The molecule has 2 aliphatic rings. The molecule has 2 aliphatic carbocycles. The van der Waals surface area contributed by atoms with Crippen LogP contribution in [0.2, 0.25) is 0 Å². The Morgan fingerprint density at radius 3 is 2.78 bits per heavy atom. The van der Waals surface area contributed by atoms with Crippen LogP contribution in [0.5, 0.6) is 0 Å². The number of rotatable bonds is 3. The first kappa shape index (κ1) is 10.9. The molecule has 0 radical (unpaired) electrons. The number of fused-ring (bicyclic) bond motifs is 1. The third kappa shape index (κ3) is 1.54. The minimum absolute atomic E-state index is 0.261. The summed E-state index contributed by atoms with van der Waals surface area (Å²) in [5, 5.41) is 1.34. The van der Waals surface area contributed by atoms with E-state index in [2.05, 4.69) is 18.2 Å². The highest BCUT2D eigenvalue weighted by Crippen LogP contribution is 2.46. The normalized spacial score (nSPS) is 22.1. The van der Waals surface area contributed by atoms with E-state index in [0.717, 1.165) is 12.5 Å². The Morgan fingerprint density at radius 2 is 2.17 bits per heavy atom. The van der Waals surface area contributed by atoms with Gasteiger partial charge in [0.25, 0.3) is 0 Å². The SMILES string of the molecule is NCC1(c2ccc3sc(C4CC4)nc3c2)CCC1. The number of nitrogens with two attached hydrogens (primary N) is 1. The van der Waals surface area contributed by atoms with Crippen LogP contribution in [0.4, 0.5) is 0 Å². The second-order valence-electron chi connectivity index (χ2n) is 5.85. The van der Waals surface area contributed by atoms with Crippen LogP contribution >= 0.6 is 11.3 Å².